The smallest absolute Gasteiger partial charge is 0.256 e. The maximum Gasteiger partial charge on any atom is 0.256 e. The van der Waals surface area contributed by atoms with Crippen molar-refractivity contribution in [2.24, 2.45) is 0 Å². The predicted octanol–water partition coefficient (Wildman–Crippen LogP) is 2.54. The van der Waals surface area contributed by atoms with E-state index >= 15 is 0 Å². The van der Waals surface area contributed by atoms with Gasteiger partial charge in [0.2, 0.25) is 0 Å². The topological polar surface area (TPSA) is 36.1 Å². The molecule has 3 nitrogen and oxygen atoms in total. The van der Waals surface area contributed by atoms with Crippen molar-refractivity contribution in [3.8, 4) is 0 Å². The third-order valence-electron chi connectivity index (χ3n) is 3.27. The molecule has 1 amide bonds. The zero-order valence-corrected chi connectivity index (χ0v) is 9.37. The van der Waals surface area contributed by atoms with Gasteiger partial charge in [-0.05, 0) is 31.0 Å². The summed E-state index contributed by atoms with van der Waals surface area (Å²) in [6.45, 7) is 1.61. The first-order chi connectivity index (χ1) is 8.25. The minimum atomic E-state index is -0.312. The molecule has 1 saturated heterocycles. The van der Waals surface area contributed by atoms with Crippen molar-refractivity contribution in [2.75, 3.05) is 13.1 Å². The summed E-state index contributed by atoms with van der Waals surface area (Å²) >= 11 is 0. The third kappa shape index (κ3) is 1.69. The van der Waals surface area contributed by atoms with Gasteiger partial charge in [0.15, 0.2) is 0 Å². The standard InChI is InChI=1S/C13H13FN2O/c14-9-3-4-12-10(7-9)11(8-15-12)13(17)16-5-1-2-6-16/h3-4,7-8,15H,1-2,5-6H2. The molecule has 0 bridgehead atoms. The third-order valence-corrected chi connectivity index (χ3v) is 3.27. The molecular formula is C13H13FN2O. The van der Waals surface area contributed by atoms with Gasteiger partial charge >= 0.3 is 0 Å². The maximum absolute atomic E-state index is 13.2. The fourth-order valence-corrected chi connectivity index (χ4v) is 2.36. The average Bonchev–Trinajstić information content (AvgIpc) is 2.97. The molecule has 0 unspecified atom stereocenters. The van der Waals surface area contributed by atoms with Gasteiger partial charge in [0.25, 0.3) is 5.91 Å². The number of nitrogens with zero attached hydrogens (tertiary/aromatic N) is 1. The normalized spacial score (nSPS) is 15.7. The largest absolute Gasteiger partial charge is 0.360 e. The van der Waals surface area contributed by atoms with Crippen LogP contribution in [0.2, 0.25) is 0 Å². The van der Waals surface area contributed by atoms with Gasteiger partial charge in [0.05, 0.1) is 5.56 Å². The van der Waals surface area contributed by atoms with Crippen LogP contribution in [-0.2, 0) is 0 Å². The highest BCUT2D eigenvalue weighted by Crippen LogP contribution is 2.22. The van der Waals surface area contributed by atoms with E-state index in [0.717, 1.165) is 31.4 Å². The van der Waals surface area contributed by atoms with Crippen molar-refractivity contribution >= 4 is 16.8 Å². The number of hydrogen-bond acceptors (Lipinski definition) is 1. The molecule has 1 aromatic carbocycles. The quantitative estimate of drug-likeness (QED) is 0.805. The van der Waals surface area contributed by atoms with E-state index in [2.05, 4.69) is 4.98 Å². The molecule has 17 heavy (non-hydrogen) atoms. The number of carbonyl (C=O) groups excluding carboxylic acids is 1. The van der Waals surface area contributed by atoms with Crippen LogP contribution in [0.15, 0.2) is 24.4 Å². The van der Waals surface area contributed by atoms with Crippen molar-refractivity contribution in [3.63, 3.8) is 0 Å². The second-order valence-corrected chi connectivity index (χ2v) is 4.39. The number of benzene rings is 1. The number of hydrogen-bond donors (Lipinski definition) is 1. The van der Waals surface area contributed by atoms with Crippen LogP contribution >= 0.6 is 0 Å². The van der Waals surface area contributed by atoms with Gasteiger partial charge in [0, 0.05) is 30.2 Å². The lowest BCUT2D eigenvalue weighted by molar-refractivity contribution is 0.0795. The highest BCUT2D eigenvalue weighted by atomic mass is 19.1. The molecule has 0 saturated carbocycles. The van der Waals surface area contributed by atoms with Crippen LogP contribution < -0.4 is 0 Å². The monoisotopic (exact) mass is 232 g/mol. The number of halogens is 1. The van der Waals surface area contributed by atoms with E-state index in [9.17, 15) is 9.18 Å². The highest BCUT2D eigenvalue weighted by Gasteiger charge is 2.21. The first-order valence-electron chi connectivity index (χ1n) is 5.81. The number of nitrogens with one attached hydrogen (secondary N) is 1. The maximum atomic E-state index is 13.2. The van der Waals surface area contributed by atoms with Gasteiger partial charge in [-0.2, -0.15) is 0 Å². The molecule has 0 atom stereocenters. The Balaban J connectivity index is 2.04. The number of carbonyl (C=O) groups is 1. The second kappa shape index (κ2) is 3.87. The number of likely N-dealkylation sites (tertiary alicyclic amines) is 1. The lowest BCUT2D eigenvalue weighted by Gasteiger charge is -2.14. The Morgan fingerprint density at radius 3 is 2.82 bits per heavy atom. The van der Waals surface area contributed by atoms with Crippen LogP contribution in [0.5, 0.6) is 0 Å². The molecule has 0 aliphatic carbocycles. The van der Waals surface area contributed by atoms with Gasteiger partial charge in [0.1, 0.15) is 5.82 Å². The summed E-state index contributed by atoms with van der Waals surface area (Å²) in [6.07, 6.45) is 3.79. The molecule has 2 aromatic rings. The van der Waals surface area contributed by atoms with Crippen molar-refractivity contribution in [2.45, 2.75) is 12.8 Å². The van der Waals surface area contributed by atoms with E-state index < -0.39 is 0 Å². The molecule has 4 heteroatoms. The number of fused-ring (bicyclic) bond motifs is 1. The molecule has 1 aliphatic rings. The molecule has 0 spiro atoms. The summed E-state index contributed by atoms with van der Waals surface area (Å²) in [7, 11) is 0. The average molecular weight is 232 g/mol. The minimum absolute atomic E-state index is 0.000602. The van der Waals surface area contributed by atoms with Gasteiger partial charge in [-0.25, -0.2) is 4.39 Å². The molecular weight excluding hydrogens is 219 g/mol. The van der Waals surface area contributed by atoms with Gasteiger partial charge in [-0.15, -0.1) is 0 Å². The van der Waals surface area contributed by atoms with E-state index in [1.807, 2.05) is 4.90 Å². The van der Waals surface area contributed by atoms with Crippen molar-refractivity contribution in [3.05, 3.63) is 35.8 Å². The SMILES string of the molecule is O=C(c1c[nH]c2ccc(F)cc12)N1CCCC1. The molecule has 1 aliphatic heterocycles. The zero-order valence-electron chi connectivity index (χ0n) is 9.37. The molecule has 1 fully saturated rings. The van der Waals surface area contributed by atoms with Crippen LogP contribution in [0.1, 0.15) is 23.2 Å². The predicted molar refractivity (Wildman–Crippen MR) is 63.4 cm³/mol. The molecule has 1 aromatic heterocycles. The summed E-state index contributed by atoms with van der Waals surface area (Å²) in [5.41, 5.74) is 1.37. The van der Waals surface area contributed by atoms with E-state index in [0.29, 0.717) is 10.9 Å². The Morgan fingerprint density at radius 2 is 2.06 bits per heavy atom. The Labute approximate surface area is 98.2 Å². The lowest BCUT2D eigenvalue weighted by Crippen LogP contribution is -2.27. The Bertz CT molecular complexity index is 570. The number of H-pyrrole nitrogens is 1. The molecule has 0 radical (unpaired) electrons. The van der Waals surface area contributed by atoms with Crippen LogP contribution in [-0.4, -0.2) is 28.9 Å². The zero-order chi connectivity index (χ0) is 11.8. The first-order valence-corrected chi connectivity index (χ1v) is 5.81. The number of aromatic amines is 1. The number of rotatable bonds is 1. The molecule has 2 heterocycles. The van der Waals surface area contributed by atoms with Gasteiger partial charge in [-0.3, -0.25) is 4.79 Å². The molecule has 1 N–H and O–H groups in total. The van der Waals surface area contributed by atoms with E-state index in [-0.39, 0.29) is 11.7 Å². The fourth-order valence-electron chi connectivity index (χ4n) is 2.36. The van der Waals surface area contributed by atoms with Crippen molar-refractivity contribution in [1.82, 2.24) is 9.88 Å². The highest BCUT2D eigenvalue weighted by molar-refractivity contribution is 6.06. The van der Waals surface area contributed by atoms with Crippen LogP contribution in [0, 0.1) is 5.82 Å². The first kappa shape index (κ1) is 10.3. The summed E-state index contributed by atoms with van der Waals surface area (Å²) in [5.74, 6) is -0.313. The summed E-state index contributed by atoms with van der Waals surface area (Å²) in [5, 5.41) is 0.668. The Morgan fingerprint density at radius 1 is 1.29 bits per heavy atom. The van der Waals surface area contributed by atoms with Crippen LogP contribution in [0.25, 0.3) is 10.9 Å². The van der Waals surface area contributed by atoms with E-state index in [1.165, 1.54) is 12.1 Å². The summed E-state index contributed by atoms with van der Waals surface area (Å²) in [4.78, 5) is 17.0. The van der Waals surface area contributed by atoms with E-state index in [1.54, 1.807) is 12.3 Å². The van der Waals surface area contributed by atoms with Gasteiger partial charge < -0.3 is 9.88 Å². The van der Waals surface area contributed by atoms with E-state index in [4.69, 9.17) is 0 Å². The Hall–Kier alpha value is -1.84. The molecule has 3 rings (SSSR count). The van der Waals surface area contributed by atoms with Gasteiger partial charge in [-0.1, -0.05) is 0 Å². The van der Waals surface area contributed by atoms with Crippen LogP contribution in [0.4, 0.5) is 4.39 Å². The number of aromatic nitrogens is 1. The summed E-state index contributed by atoms with van der Waals surface area (Å²) < 4.78 is 13.2. The van der Waals surface area contributed by atoms with Crippen molar-refractivity contribution in [1.29, 1.82) is 0 Å². The fraction of sp³-hybridized carbons (Fsp3) is 0.308. The second-order valence-electron chi connectivity index (χ2n) is 4.39. The van der Waals surface area contributed by atoms with Crippen molar-refractivity contribution < 1.29 is 9.18 Å². The lowest BCUT2D eigenvalue weighted by atomic mass is 10.1. The van der Waals surface area contributed by atoms with Crippen LogP contribution in [0.3, 0.4) is 0 Å². The summed E-state index contributed by atoms with van der Waals surface area (Å²) in [6, 6.07) is 4.46. The minimum Gasteiger partial charge on any atom is -0.360 e. The Kier molecular flexibility index (Phi) is 2.35. The molecule has 88 valence electrons. The number of amides is 1.